The fraction of sp³-hybridized carbons (Fsp3) is 0.105. The van der Waals surface area contributed by atoms with Crippen LogP contribution in [0.3, 0.4) is 0 Å². The van der Waals surface area contributed by atoms with Crippen molar-refractivity contribution in [3.8, 4) is 12.1 Å². The van der Waals surface area contributed by atoms with Crippen molar-refractivity contribution in [2.45, 2.75) is 27.2 Å². The Hall–Kier alpha value is -5.58. The molecule has 0 N–H and O–H groups in total. The number of rotatable bonds is 4. The van der Waals surface area contributed by atoms with Gasteiger partial charge in [0.05, 0.1) is 45.8 Å². The molecule has 4 heteroatoms. The van der Waals surface area contributed by atoms with Gasteiger partial charge in [-0.2, -0.15) is 10.5 Å². The van der Waals surface area contributed by atoms with Gasteiger partial charge in [-0.25, -0.2) is 0 Å². The van der Waals surface area contributed by atoms with Crippen LogP contribution in [0.2, 0.25) is 0 Å². The molecule has 0 saturated heterocycles. The van der Waals surface area contributed by atoms with Gasteiger partial charge in [0.2, 0.25) is 0 Å². The molecule has 42 heavy (non-hydrogen) atoms. The Bertz CT molecular complexity index is 2320. The fourth-order valence-electron chi connectivity index (χ4n) is 6.49. The van der Waals surface area contributed by atoms with Crippen LogP contribution in [0.5, 0.6) is 0 Å². The highest BCUT2D eigenvalue weighted by atomic mass is 15.0. The summed E-state index contributed by atoms with van der Waals surface area (Å²) in [7, 11) is 0. The van der Waals surface area contributed by atoms with E-state index in [-0.39, 0.29) is 6.42 Å². The van der Waals surface area contributed by atoms with Crippen LogP contribution in [0, 0.1) is 36.5 Å². The standard InChI is InChI=1S/C38H28N4/c1-24-14-17-35-30(21-24)31-22-25(2)15-18-36(31)41(35)26(3)32(23-40)34(13-8-20-39)42-33-12-7-6-11-29(33)38-28-10-5-4-9-27(28)16-19-37(38)42/h4-7,9-19,21-22H,8H2,1-3H3/b32-26+,34-13+. The summed E-state index contributed by atoms with van der Waals surface area (Å²) in [6, 6.07) is 38.8. The molecule has 200 valence electrons. The number of benzene rings is 5. The van der Waals surface area contributed by atoms with Crippen molar-refractivity contribution in [2.24, 2.45) is 0 Å². The zero-order valence-corrected chi connectivity index (χ0v) is 23.8. The van der Waals surface area contributed by atoms with E-state index in [4.69, 9.17) is 0 Å². The Morgan fingerprint density at radius 3 is 1.93 bits per heavy atom. The van der Waals surface area contributed by atoms with Crippen LogP contribution in [0.4, 0.5) is 0 Å². The molecule has 0 spiro atoms. The fourth-order valence-corrected chi connectivity index (χ4v) is 6.49. The highest BCUT2D eigenvalue weighted by molar-refractivity contribution is 6.22. The number of nitrogens with zero attached hydrogens (tertiary/aromatic N) is 4. The van der Waals surface area contributed by atoms with Gasteiger partial charge < -0.3 is 9.13 Å². The first-order chi connectivity index (χ1) is 20.5. The number of hydrogen-bond acceptors (Lipinski definition) is 2. The monoisotopic (exact) mass is 540 g/mol. The molecule has 0 aliphatic carbocycles. The number of aromatic nitrogens is 2. The minimum Gasteiger partial charge on any atom is -0.312 e. The largest absolute Gasteiger partial charge is 0.312 e. The van der Waals surface area contributed by atoms with Crippen molar-refractivity contribution in [1.82, 2.24) is 9.13 Å². The van der Waals surface area contributed by atoms with Gasteiger partial charge in [-0.3, -0.25) is 0 Å². The maximum absolute atomic E-state index is 10.9. The minimum atomic E-state index is 0.181. The van der Waals surface area contributed by atoms with Crippen molar-refractivity contribution in [3.63, 3.8) is 0 Å². The molecule has 5 aromatic carbocycles. The summed E-state index contributed by atoms with van der Waals surface area (Å²) < 4.78 is 4.37. The van der Waals surface area contributed by atoms with E-state index in [1.54, 1.807) is 0 Å². The Kier molecular flexibility index (Phi) is 5.93. The number of fused-ring (bicyclic) bond motifs is 8. The summed E-state index contributed by atoms with van der Waals surface area (Å²) in [5, 5.41) is 27.5. The summed E-state index contributed by atoms with van der Waals surface area (Å²) in [5.41, 5.74) is 8.57. The van der Waals surface area contributed by atoms with Crippen LogP contribution in [-0.4, -0.2) is 9.13 Å². The van der Waals surface area contributed by atoms with Crippen LogP contribution in [-0.2, 0) is 0 Å². The lowest BCUT2D eigenvalue weighted by atomic mass is 10.0. The van der Waals surface area contributed by atoms with E-state index < -0.39 is 0 Å². The van der Waals surface area contributed by atoms with Gasteiger partial charge in [0.1, 0.15) is 6.07 Å². The average molecular weight is 541 g/mol. The minimum absolute atomic E-state index is 0.181. The molecular formula is C38H28N4. The number of para-hydroxylation sites is 1. The summed E-state index contributed by atoms with van der Waals surface area (Å²) in [6.07, 6.45) is 2.08. The molecule has 0 aliphatic heterocycles. The third-order valence-corrected chi connectivity index (χ3v) is 8.33. The highest BCUT2D eigenvalue weighted by Crippen LogP contribution is 2.40. The van der Waals surface area contributed by atoms with Crippen LogP contribution < -0.4 is 0 Å². The van der Waals surface area contributed by atoms with Gasteiger partial charge in [-0.05, 0) is 74.0 Å². The number of aryl methyl sites for hydroxylation is 2. The summed E-state index contributed by atoms with van der Waals surface area (Å²) in [5.74, 6) is 0. The van der Waals surface area contributed by atoms with Gasteiger partial charge in [0, 0.05) is 27.2 Å². The van der Waals surface area contributed by atoms with Crippen molar-refractivity contribution < 1.29 is 0 Å². The van der Waals surface area contributed by atoms with E-state index in [1.165, 1.54) is 16.5 Å². The first kappa shape index (κ1) is 25.4. The zero-order chi connectivity index (χ0) is 29.0. The first-order valence-electron chi connectivity index (χ1n) is 14.1. The molecule has 0 saturated carbocycles. The molecule has 4 nitrogen and oxygen atoms in total. The van der Waals surface area contributed by atoms with Crippen LogP contribution in [0.15, 0.2) is 109 Å². The number of nitriles is 2. The molecule has 0 amide bonds. The second kappa shape index (κ2) is 9.81. The average Bonchev–Trinajstić information content (AvgIpc) is 3.51. The van der Waals surface area contributed by atoms with E-state index in [0.717, 1.165) is 54.7 Å². The molecule has 0 fully saturated rings. The molecule has 2 aromatic heterocycles. The second-order valence-corrected chi connectivity index (χ2v) is 10.9. The SMILES string of the molecule is C/C(=C(C#N)\C(=C/CC#N)n1c2ccccc2c2c3ccccc3ccc21)n1c2ccc(C)cc2c2cc(C)ccc21. The highest BCUT2D eigenvalue weighted by Gasteiger charge is 2.22. The predicted molar refractivity (Wildman–Crippen MR) is 175 cm³/mol. The lowest BCUT2D eigenvalue weighted by Crippen LogP contribution is -2.05. The van der Waals surface area contributed by atoms with Crippen molar-refractivity contribution in [3.05, 3.63) is 120 Å². The molecule has 0 radical (unpaired) electrons. The molecule has 0 bridgehead atoms. The molecule has 0 aliphatic rings. The first-order valence-corrected chi connectivity index (χ1v) is 14.1. The summed E-state index contributed by atoms with van der Waals surface area (Å²) >= 11 is 0. The number of allylic oxidation sites excluding steroid dienone is 4. The third-order valence-electron chi connectivity index (χ3n) is 8.33. The van der Waals surface area contributed by atoms with Crippen molar-refractivity contribution >= 4 is 65.8 Å². The molecule has 7 rings (SSSR count). The maximum Gasteiger partial charge on any atom is 0.103 e. The van der Waals surface area contributed by atoms with E-state index in [9.17, 15) is 10.5 Å². The third kappa shape index (κ3) is 3.74. The van der Waals surface area contributed by atoms with Gasteiger partial charge in [-0.15, -0.1) is 0 Å². The second-order valence-electron chi connectivity index (χ2n) is 10.9. The van der Waals surface area contributed by atoms with E-state index in [2.05, 4.69) is 126 Å². The van der Waals surface area contributed by atoms with E-state index in [1.807, 2.05) is 19.1 Å². The lowest BCUT2D eigenvalue weighted by molar-refractivity contribution is 1.15. The lowest BCUT2D eigenvalue weighted by Gasteiger charge is -2.17. The smallest absolute Gasteiger partial charge is 0.103 e. The Balaban J connectivity index is 1.60. The normalized spacial score (nSPS) is 12.7. The quantitative estimate of drug-likeness (QED) is 0.165. The molecule has 2 heterocycles. The van der Waals surface area contributed by atoms with E-state index in [0.29, 0.717) is 11.3 Å². The van der Waals surface area contributed by atoms with Crippen LogP contribution in [0.25, 0.3) is 65.8 Å². The maximum atomic E-state index is 10.9. The van der Waals surface area contributed by atoms with Crippen molar-refractivity contribution in [1.29, 1.82) is 10.5 Å². The topological polar surface area (TPSA) is 57.4 Å². The van der Waals surface area contributed by atoms with Gasteiger partial charge in [0.15, 0.2) is 0 Å². The molecule has 0 unspecified atom stereocenters. The number of hydrogen-bond donors (Lipinski definition) is 0. The van der Waals surface area contributed by atoms with Crippen LogP contribution in [0.1, 0.15) is 24.5 Å². The van der Waals surface area contributed by atoms with Gasteiger partial charge in [0.25, 0.3) is 0 Å². The zero-order valence-electron chi connectivity index (χ0n) is 23.8. The summed E-state index contributed by atoms with van der Waals surface area (Å²) in [4.78, 5) is 0. The van der Waals surface area contributed by atoms with Crippen molar-refractivity contribution in [2.75, 3.05) is 0 Å². The van der Waals surface area contributed by atoms with E-state index >= 15 is 0 Å². The summed E-state index contributed by atoms with van der Waals surface area (Å²) in [6.45, 7) is 6.23. The van der Waals surface area contributed by atoms with Crippen LogP contribution >= 0.6 is 0 Å². The molecule has 7 aromatic rings. The molecular weight excluding hydrogens is 512 g/mol. The predicted octanol–water partition coefficient (Wildman–Crippen LogP) is 9.88. The van der Waals surface area contributed by atoms with Gasteiger partial charge >= 0.3 is 0 Å². The Labute approximate surface area is 244 Å². The molecule has 0 atom stereocenters. The van der Waals surface area contributed by atoms with Gasteiger partial charge in [-0.1, -0.05) is 71.8 Å². The Morgan fingerprint density at radius 1 is 0.667 bits per heavy atom. The Morgan fingerprint density at radius 2 is 1.26 bits per heavy atom.